The van der Waals surface area contributed by atoms with Crippen molar-refractivity contribution < 1.29 is 0 Å². The molecule has 0 amide bonds. The number of thioether (sulfide) groups is 1. The first-order chi connectivity index (χ1) is 11.1. The summed E-state index contributed by atoms with van der Waals surface area (Å²) in [5.74, 6) is 1.64. The summed E-state index contributed by atoms with van der Waals surface area (Å²) >= 11 is 4.79. The lowest BCUT2D eigenvalue weighted by Crippen LogP contribution is -2.15. The molecule has 0 fully saturated rings. The van der Waals surface area contributed by atoms with E-state index in [9.17, 15) is 4.79 Å². The summed E-state index contributed by atoms with van der Waals surface area (Å²) < 4.78 is 2.40. The van der Waals surface area contributed by atoms with E-state index in [1.807, 2.05) is 6.07 Å². The van der Waals surface area contributed by atoms with Crippen molar-refractivity contribution in [2.45, 2.75) is 17.8 Å². The molecule has 11 heteroatoms. The molecule has 9 nitrogen and oxygen atoms in total. The molecule has 0 aliphatic carbocycles. The first-order valence-corrected chi connectivity index (χ1v) is 8.33. The highest BCUT2D eigenvalue weighted by Crippen LogP contribution is 2.21. The Labute approximate surface area is 141 Å². The molecule has 4 rings (SSSR count). The molecule has 0 spiro atoms. The first-order valence-electron chi connectivity index (χ1n) is 6.55. The summed E-state index contributed by atoms with van der Waals surface area (Å²) in [6, 6.07) is 1.92. The van der Waals surface area contributed by atoms with Crippen molar-refractivity contribution in [3.63, 3.8) is 0 Å². The number of aromatic amines is 2. The van der Waals surface area contributed by atoms with Crippen LogP contribution in [0.3, 0.4) is 0 Å². The highest BCUT2D eigenvalue weighted by Gasteiger charge is 2.12. The van der Waals surface area contributed by atoms with Gasteiger partial charge in [-0.1, -0.05) is 11.8 Å². The minimum Gasteiger partial charge on any atom is -0.340 e. The van der Waals surface area contributed by atoms with Crippen LogP contribution >= 0.6 is 27.7 Å². The zero-order chi connectivity index (χ0) is 16.0. The molecule has 4 aromatic rings. The fourth-order valence-electron chi connectivity index (χ4n) is 2.04. The normalized spacial score (nSPS) is 11.6. The van der Waals surface area contributed by atoms with Crippen LogP contribution in [0.2, 0.25) is 0 Å². The number of H-pyrrole nitrogens is 2. The van der Waals surface area contributed by atoms with Crippen molar-refractivity contribution >= 4 is 44.6 Å². The monoisotopic (exact) mass is 392 g/mol. The smallest absolute Gasteiger partial charge is 0.273 e. The number of halogens is 1. The van der Waals surface area contributed by atoms with Crippen LogP contribution in [0.5, 0.6) is 0 Å². The second-order valence-electron chi connectivity index (χ2n) is 4.75. The number of fused-ring (bicyclic) bond motifs is 2. The first kappa shape index (κ1) is 14.3. The molecule has 0 saturated carbocycles. The lowest BCUT2D eigenvalue weighted by molar-refractivity contribution is 0.769. The van der Waals surface area contributed by atoms with Crippen LogP contribution in [0.15, 0.2) is 26.7 Å². The Bertz CT molecular complexity index is 1080. The fraction of sp³-hybridized carbons (Fsp3) is 0.167. The van der Waals surface area contributed by atoms with E-state index in [0.717, 1.165) is 15.8 Å². The molecule has 0 aromatic carbocycles. The molecule has 0 radical (unpaired) electrons. The van der Waals surface area contributed by atoms with Gasteiger partial charge in [-0.2, -0.15) is 9.61 Å². The third kappa shape index (κ3) is 2.61. The maximum absolute atomic E-state index is 11.5. The van der Waals surface area contributed by atoms with Gasteiger partial charge in [0.1, 0.15) is 11.5 Å². The summed E-state index contributed by atoms with van der Waals surface area (Å²) in [6.45, 7) is 1.63. The molecule has 0 aliphatic heterocycles. The van der Waals surface area contributed by atoms with Crippen molar-refractivity contribution in [2.24, 2.45) is 0 Å². The van der Waals surface area contributed by atoms with Gasteiger partial charge in [0, 0.05) is 10.7 Å². The quantitative estimate of drug-likeness (QED) is 0.506. The number of pyridine rings is 1. The van der Waals surface area contributed by atoms with Gasteiger partial charge >= 0.3 is 0 Å². The van der Waals surface area contributed by atoms with E-state index in [0.29, 0.717) is 28.0 Å². The Morgan fingerprint density at radius 3 is 3.09 bits per heavy atom. The van der Waals surface area contributed by atoms with Gasteiger partial charge in [-0.3, -0.25) is 9.78 Å². The van der Waals surface area contributed by atoms with Gasteiger partial charge in [-0.05, 0) is 28.9 Å². The molecule has 116 valence electrons. The van der Waals surface area contributed by atoms with Crippen LogP contribution in [0.1, 0.15) is 11.5 Å². The minimum absolute atomic E-state index is 0.268. The van der Waals surface area contributed by atoms with Gasteiger partial charge < -0.3 is 4.98 Å². The van der Waals surface area contributed by atoms with Gasteiger partial charge in [0.2, 0.25) is 5.16 Å². The van der Waals surface area contributed by atoms with Crippen molar-refractivity contribution in [3.05, 3.63) is 38.6 Å². The lowest BCUT2D eigenvalue weighted by Gasteiger charge is -1.97. The Morgan fingerprint density at radius 2 is 2.22 bits per heavy atom. The van der Waals surface area contributed by atoms with Crippen molar-refractivity contribution in [1.82, 2.24) is 39.7 Å². The molecular weight excluding hydrogens is 384 g/mol. The number of hydrogen-bond acceptors (Lipinski definition) is 7. The van der Waals surface area contributed by atoms with Gasteiger partial charge in [0.25, 0.3) is 11.3 Å². The van der Waals surface area contributed by atoms with Crippen LogP contribution in [0.25, 0.3) is 16.9 Å². The van der Waals surface area contributed by atoms with E-state index in [1.54, 1.807) is 13.1 Å². The molecule has 0 saturated heterocycles. The maximum atomic E-state index is 11.5. The van der Waals surface area contributed by atoms with E-state index >= 15 is 0 Å². The van der Waals surface area contributed by atoms with Crippen LogP contribution in [-0.2, 0) is 5.75 Å². The molecule has 0 unspecified atom stereocenters. The largest absolute Gasteiger partial charge is 0.340 e. The molecule has 0 bridgehead atoms. The lowest BCUT2D eigenvalue weighted by atomic mass is 10.4. The topological polar surface area (TPSA) is 118 Å². The van der Waals surface area contributed by atoms with E-state index in [4.69, 9.17) is 0 Å². The van der Waals surface area contributed by atoms with Crippen LogP contribution in [-0.4, -0.2) is 39.7 Å². The molecule has 4 aromatic heterocycles. The molecule has 4 heterocycles. The van der Waals surface area contributed by atoms with Gasteiger partial charge in [0.15, 0.2) is 5.65 Å². The Kier molecular flexibility index (Phi) is 3.38. The summed E-state index contributed by atoms with van der Waals surface area (Å²) in [6.07, 6.45) is 1.70. The Morgan fingerprint density at radius 1 is 1.35 bits per heavy atom. The number of imidazole rings is 1. The molecule has 0 aliphatic rings. The number of rotatable bonds is 3. The minimum atomic E-state index is -0.268. The number of nitrogens with one attached hydrogen (secondary N) is 2. The summed E-state index contributed by atoms with van der Waals surface area (Å²) in [5, 5.41) is 12.7. The van der Waals surface area contributed by atoms with Crippen LogP contribution < -0.4 is 5.56 Å². The Balaban J connectivity index is 1.62. The van der Waals surface area contributed by atoms with E-state index in [1.165, 1.54) is 16.3 Å². The molecular formula is C12H9BrN8OS. The van der Waals surface area contributed by atoms with Crippen LogP contribution in [0, 0.1) is 6.92 Å². The Hall–Kier alpha value is -2.27. The van der Waals surface area contributed by atoms with Crippen molar-refractivity contribution in [2.75, 3.05) is 0 Å². The molecule has 2 N–H and O–H groups in total. The van der Waals surface area contributed by atoms with Crippen LogP contribution in [0.4, 0.5) is 0 Å². The van der Waals surface area contributed by atoms with Gasteiger partial charge in [-0.15, -0.1) is 10.2 Å². The summed E-state index contributed by atoms with van der Waals surface area (Å²) in [7, 11) is 0. The predicted octanol–water partition coefficient (Wildman–Crippen LogP) is 1.45. The predicted molar refractivity (Wildman–Crippen MR) is 87.3 cm³/mol. The molecule has 0 atom stereocenters. The highest BCUT2D eigenvalue weighted by atomic mass is 79.9. The average Bonchev–Trinajstić information content (AvgIpc) is 3.09. The number of aromatic nitrogens is 8. The van der Waals surface area contributed by atoms with E-state index in [2.05, 4.69) is 51.2 Å². The van der Waals surface area contributed by atoms with E-state index in [-0.39, 0.29) is 5.56 Å². The standard InChI is InChI=1S/C12H9BrN8OS/c1-5-10(22)17-11-18-19-12(21(11)20-5)23-4-8-15-7-2-6(13)3-14-9(7)16-8/h2-3H,4H2,1H3,(H,14,15,16)(H,17,18,22). The zero-order valence-corrected chi connectivity index (χ0v) is 14.1. The zero-order valence-electron chi connectivity index (χ0n) is 11.7. The number of aryl methyl sites for hydroxylation is 1. The summed E-state index contributed by atoms with van der Waals surface area (Å²) in [5.41, 5.74) is 1.61. The number of hydrogen-bond donors (Lipinski definition) is 2. The SMILES string of the molecule is Cc1nn2c(SCc3nc4ncc(Br)cc4[nH]3)nnc2[nH]c1=O. The van der Waals surface area contributed by atoms with Crippen molar-refractivity contribution in [3.8, 4) is 0 Å². The van der Waals surface area contributed by atoms with Gasteiger partial charge in [-0.25, -0.2) is 9.97 Å². The number of nitrogens with zero attached hydrogens (tertiary/aromatic N) is 6. The third-order valence-electron chi connectivity index (χ3n) is 3.11. The second kappa shape index (κ2) is 5.42. The van der Waals surface area contributed by atoms with E-state index < -0.39 is 0 Å². The third-order valence-corrected chi connectivity index (χ3v) is 4.47. The van der Waals surface area contributed by atoms with Crippen molar-refractivity contribution in [1.29, 1.82) is 0 Å². The average molecular weight is 393 g/mol. The second-order valence-corrected chi connectivity index (χ2v) is 6.61. The highest BCUT2D eigenvalue weighted by molar-refractivity contribution is 9.10. The maximum Gasteiger partial charge on any atom is 0.273 e. The summed E-state index contributed by atoms with van der Waals surface area (Å²) in [4.78, 5) is 26.0. The molecule has 23 heavy (non-hydrogen) atoms. The fourth-order valence-corrected chi connectivity index (χ4v) is 3.12. The van der Waals surface area contributed by atoms with Gasteiger partial charge in [0.05, 0.1) is 11.3 Å².